The van der Waals surface area contributed by atoms with Crippen LogP contribution in [0, 0.1) is 18.3 Å². The Labute approximate surface area is 136 Å². The summed E-state index contributed by atoms with van der Waals surface area (Å²) in [5, 5.41) is 11.2. The van der Waals surface area contributed by atoms with Gasteiger partial charge >= 0.3 is 0 Å². The Kier molecular flexibility index (Phi) is 6.25. The molecule has 1 aromatic heterocycles. The maximum Gasteiger partial charge on any atom is 0.229 e. The van der Waals surface area contributed by atoms with E-state index in [1.54, 1.807) is 12.4 Å². The number of nitrogens with zero attached hydrogens (tertiary/aromatic N) is 3. The van der Waals surface area contributed by atoms with E-state index in [0.29, 0.717) is 18.7 Å². The number of aryl methyl sites for hydroxylation is 2. The van der Waals surface area contributed by atoms with Crippen LogP contribution in [0.1, 0.15) is 36.1 Å². The quantitative estimate of drug-likeness (QED) is 0.797. The minimum Gasteiger partial charge on any atom is -0.309 e. The number of nitriles is 1. The highest BCUT2D eigenvalue weighted by molar-refractivity contribution is 5.91. The summed E-state index contributed by atoms with van der Waals surface area (Å²) < 4.78 is 0. The fourth-order valence-electron chi connectivity index (χ4n) is 2.25. The van der Waals surface area contributed by atoms with Gasteiger partial charge < -0.3 is 5.32 Å². The molecule has 1 heterocycles. The zero-order valence-electron chi connectivity index (χ0n) is 13.2. The molecule has 1 N–H and O–H groups in total. The van der Waals surface area contributed by atoms with Gasteiger partial charge in [0.2, 0.25) is 5.91 Å². The van der Waals surface area contributed by atoms with Crippen LogP contribution in [0.25, 0.3) is 0 Å². The lowest BCUT2D eigenvalue weighted by Crippen LogP contribution is -2.15. The summed E-state index contributed by atoms with van der Waals surface area (Å²) in [6, 6.07) is 10.00. The summed E-state index contributed by atoms with van der Waals surface area (Å²) in [6.07, 6.45) is 6.73. The minimum absolute atomic E-state index is 0.105. The van der Waals surface area contributed by atoms with Crippen LogP contribution in [0.3, 0.4) is 0 Å². The molecule has 1 aromatic carbocycles. The standard InChI is InChI=1S/C18H20N4O/c1-14-6-5-7-15(10-14)11-18(23)22-17-13-20-16(12-21-17)8-3-2-4-9-19/h5-7,10,12-13H,2-4,8,11H2,1H3,(H,21,22,23). The summed E-state index contributed by atoms with van der Waals surface area (Å²) in [6.45, 7) is 2.00. The van der Waals surface area contributed by atoms with Gasteiger partial charge in [0.25, 0.3) is 0 Å². The average Bonchev–Trinajstić information content (AvgIpc) is 2.53. The van der Waals surface area contributed by atoms with Crippen molar-refractivity contribution in [3.8, 4) is 6.07 Å². The number of amides is 1. The van der Waals surface area contributed by atoms with Gasteiger partial charge in [-0.2, -0.15) is 5.26 Å². The number of carbonyl (C=O) groups is 1. The van der Waals surface area contributed by atoms with Crippen LogP contribution in [0.5, 0.6) is 0 Å². The normalized spacial score (nSPS) is 10.1. The molecule has 0 aliphatic heterocycles. The molecule has 5 nitrogen and oxygen atoms in total. The first-order valence-electron chi connectivity index (χ1n) is 7.70. The zero-order valence-corrected chi connectivity index (χ0v) is 13.2. The molecule has 5 heteroatoms. The summed E-state index contributed by atoms with van der Waals surface area (Å²) in [7, 11) is 0. The molecule has 0 spiro atoms. The number of hydrogen-bond donors (Lipinski definition) is 1. The van der Waals surface area contributed by atoms with E-state index in [0.717, 1.165) is 36.1 Å². The van der Waals surface area contributed by atoms with Gasteiger partial charge in [0.1, 0.15) is 0 Å². The van der Waals surface area contributed by atoms with E-state index < -0.39 is 0 Å². The van der Waals surface area contributed by atoms with E-state index >= 15 is 0 Å². The molecule has 0 bridgehead atoms. The highest BCUT2D eigenvalue weighted by atomic mass is 16.1. The maximum absolute atomic E-state index is 12.0. The van der Waals surface area contributed by atoms with E-state index in [-0.39, 0.29) is 5.91 Å². The fourth-order valence-corrected chi connectivity index (χ4v) is 2.25. The lowest BCUT2D eigenvalue weighted by atomic mass is 10.1. The van der Waals surface area contributed by atoms with Crippen molar-refractivity contribution >= 4 is 11.7 Å². The van der Waals surface area contributed by atoms with Crippen molar-refractivity contribution in [3.05, 3.63) is 53.5 Å². The smallest absolute Gasteiger partial charge is 0.229 e. The van der Waals surface area contributed by atoms with Crippen molar-refractivity contribution in [2.45, 2.75) is 39.0 Å². The predicted molar refractivity (Wildman–Crippen MR) is 88.7 cm³/mol. The largest absolute Gasteiger partial charge is 0.309 e. The van der Waals surface area contributed by atoms with Gasteiger partial charge in [-0.05, 0) is 31.7 Å². The lowest BCUT2D eigenvalue weighted by Gasteiger charge is -2.06. The number of rotatable bonds is 7. The molecule has 118 valence electrons. The third-order valence-electron chi connectivity index (χ3n) is 3.39. The Morgan fingerprint density at radius 3 is 2.83 bits per heavy atom. The van der Waals surface area contributed by atoms with Crippen LogP contribution in [0.15, 0.2) is 36.7 Å². The van der Waals surface area contributed by atoms with E-state index in [1.165, 1.54) is 0 Å². The number of carbonyl (C=O) groups excluding carboxylic acids is 1. The number of benzene rings is 1. The van der Waals surface area contributed by atoms with Crippen LogP contribution in [0.4, 0.5) is 5.82 Å². The van der Waals surface area contributed by atoms with Gasteiger partial charge in [0.15, 0.2) is 5.82 Å². The van der Waals surface area contributed by atoms with Gasteiger partial charge in [-0.1, -0.05) is 29.8 Å². The van der Waals surface area contributed by atoms with Crippen molar-refractivity contribution in [2.75, 3.05) is 5.32 Å². The monoisotopic (exact) mass is 308 g/mol. The SMILES string of the molecule is Cc1cccc(CC(=O)Nc2cnc(CCCCC#N)cn2)c1. The maximum atomic E-state index is 12.0. The Hall–Kier alpha value is -2.74. The Morgan fingerprint density at radius 1 is 1.26 bits per heavy atom. The van der Waals surface area contributed by atoms with Crippen molar-refractivity contribution in [2.24, 2.45) is 0 Å². The number of hydrogen-bond acceptors (Lipinski definition) is 4. The van der Waals surface area contributed by atoms with Crippen molar-refractivity contribution < 1.29 is 4.79 Å². The van der Waals surface area contributed by atoms with Crippen molar-refractivity contribution in [1.82, 2.24) is 9.97 Å². The molecule has 1 amide bonds. The molecule has 0 aliphatic rings. The van der Waals surface area contributed by atoms with Crippen molar-refractivity contribution in [3.63, 3.8) is 0 Å². The van der Waals surface area contributed by atoms with Gasteiger partial charge in [-0.25, -0.2) is 4.98 Å². The molecular weight excluding hydrogens is 288 g/mol. The molecule has 0 saturated heterocycles. The molecule has 0 unspecified atom stereocenters. The molecule has 0 fully saturated rings. The zero-order chi connectivity index (χ0) is 16.5. The van der Waals surface area contributed by atoms with Crippen LogP contribution in [-0.2, 0) is 17.6 Å². The van der Waals surface area contributed by atoms with E-state index in [2.05, 4.69) is 21.4 Å². The molecule has 0 saturated carbocycles. The molecule has 0 aliphatic carbocycles. The molecular formula is C18H20N4O. The van der Waals surface area contributed by atoms with E-state index in [9.17, 15) is 4.79 Å². The molecule has 2 aromatic rings. The number of anilines is 1. The highest BCUT2D eigenvalue weighted by Gasteiger charge is 2.06. The van der Waals surface area contributed by atoms with Crippen LogP contribution in [0.2, 0.25) is 0 Å². The van der Waals surface area contributed by atoms with Gasteiger partial charge in [-0.3, -0.25) is 9.78 Å². The molecule has 2 rings (SSSR count). The summed E-state index contributed by atoms with van der Waals surface area (Å²) in [4.78, 5) is 20.5. The summed E-state index contributed by atoms with van der Waals surface area (Å²) in [5.74, 6) is 0.357. The van der Waals surface area contributed by atoms with E-state index in [4.69, 9.17) is 5.26 Å². The number of unbranched alkanes of at least 4 members (excludes halogenated alkanes) is 2. The minimum atomic E-state index is -0.105. The Balaban J connectivity index is 1.83. The van der Waals surface area contributed by atoms with Gasteiger partial charge in [0, 0.05) is 6.42 Å². The second kappa shape index (κ2) is 8.64. The summed E-state index contributed by atoms with van der Waals surface area (Å²) in [5.41, 5.74) is 2.99. The average molecular weight is 308 g/mol. The molecule has 0 atom stereocenters. The Bertz CT molecular complexity index is 689. The van der Waals surface area contributed by atoms with E-state index in [1.807, 2.05) is 31.2 Å². The third-order valence-corrected chi connectivity index (χ3v) is 3.39. The first-order chi connectivity index (χ1) is 11.2. The molecule has 23 heavy (non-hydrogen) atoms. The third kappa shape index (κ3) is 5.87. The van der Waals surface area contributed by atoms with Crippen LogP contribution in [-0.4, -0.2) is 15.9 Å². The Morgan fingerprint density at radius 2 is 2.13 bits per heavy atom. The first-order valence-corrected chi connectivity index (χ1v) is 7.70. The van der Waals surface area contributed by atoms with Gasteiger partial charge in [0.05, 0.1) is 30.6 Å². The van der Waals surface area contributed by atoms with Gasteiger partial charge in [-0.15, -0.1) is 0 Å². The number of nitrogens with one attached hydrogen (secondary N) is 1. The fraction of sp³-hybridized carbons (Fsp3) is 0.333. The molecule has 0 radical (unpaired) electrons. The first kappa shape index (κ1) is 16.6. The van der Waals surface area contributed by atoms with Crippen LogP contribution >= 0.6 is 0 Å². The van der Waals surface area contributed by atoms with Crippen molar-refractivity contribution in [1.29, 1.82) is 5.26 Å². The number of aromatic nitrogens is 2. The second-order valence-corrected chi connectivity index (χ2v) is 5.47. The predicted octanol–water partition coefficient (Wildman–Crippen LogP) is 3.20. The second-order valence-electron chi connectivity index (χ2n) is 5.47. The summed E-state index contributed by atoms with van der Waals surface area (Å²) >= 11 is 0. The lowest BCUT2D eigenvalue weighted by molar-refractivity contribution is -0.115. The van der Waals surface area contributed by atoms with Crippen LogP contribution < -0.4 is 5.32 Å². The topological polar surface area (TPSA) is 78.7 Å². The highest BCUT2D eigenvalue weighted by Crippen LogP contribution is 2.08.